The molecule has 0 aliphatic carbocycles. The van der Waals surface area contributed by atoms with Gasteiger partial charge in [-0.1, -0.05) is 24.3 Å². The fraction of sp³-hybridized carbons (Fsp3) is 0.467. The minimum atomic E-state index is -0.576. The first-order valence-electron chi connectivity index (χ1n) is 6.63. The number of nitrogens with two attached hydrogens (primary N) is 1. The highest BCUT2D eigenvalue weighted by molar-refractivity contribution is 7.98. The van der Waals surface area contributed by atoms with E-state index in [9.17, 15) is 9.59 Å². The van der Waals surface area contributed by atoms with Crippen LogP contribution in [0, 0.1) is 0 Å². The molecule has 1 aromatic rings. The first-order chi connectivity index (χ1) is 10.1. The Hall–Kier alpha value is -1.53. The van der Waals surface area contributed by atoms with Crippen molar-refractivity contribution in [3.63, 3.8) is 0 Å². The van der Waals surface area contributed by atoms with Gasteiger partial charge in [-0.05, 0) is 23.3 Å². The normalized spacial score (nSPS) is 11.8. The highest BCUT2D eigenvalue weighted by atomic mass is 32.2. The number of benzene rings is 1. The Labute approximate surface area is 129 Å². The van der Waals surface area contributed by atoms with Gasteiger partial charge in [0.1, 0.15) is 6.04 Å². The SMILES string of the molecule is COC(=O)Cc1ccccc1CSCCC(N)C(=O)OC. The summed E-state index contributed by atoms with van der Waals surface area (Å²) in [6.07, 6.45) is 0.839. The van der Waals surface area contributed by atoms with Gasteiger partial charge in [0.05, 0.1) is 20.6 Å². The summed E-state index contributed by atoms with van der Waals surface area (Å²) in [7, 11) is 2.71. The average Bonchev–Trinajstić information content (AvgIpc) is 2.51. The second-order valence-corrected chi connectivity index (χ2v) is 5.60. The summed E-state index contributed by atoms with van der Waals surface area (Å²) in [5.74, 6) is 0.881. The zero-order valence-corrected chi connectivity index (χ0v) is 13.2. The van der Waals surface area contributed by atoms with E-state index in [2.05, 4.69) is 4.74 Å². The standard InChI is InChI=1S/C15H21NO4S/c1-19-14(17)9-11-5-3-4-6-12(11)10-21-8-7-13(16)15(18)20-2/h3-6,13H,7-10,16H2,1-2H3. The number of hydrogen-bond acceptors (Lipinski definition) is 6. The van der Waals surface area contributed by atoms with Crippen LogP contribution in [0.4, 0.5) is 0 Å². The van der Waals surface area contributed by atoms with E-state index in [0.717, 1.165) is 22.6 Å². The van der Waals surface area contributed by atoms with Gasteiger partial charge < -0.3 is 15.2 Å². The maximum Gasteiger partial charge on any atom is 0.322 e. The molecule has 0 heterocycles. The fourth-order valence-electron chi connectivity index (χ4n) is 1.76. The Kier molecular flexibility index (Phi) is 7.85. The molecule has 0 spiro atoms. The molecule has 21 heavy (non-hydrogen) atoms. The lowest BCUT2D eigenvalue weighted by Crippen LogP contribution is -2.31. The largest absolute Gasteiger partial charge is 0.469 e. The molecule has 0 aromatic heterocycles. The maximum absolute atomic E-state index is 11.4. The first kappa shape index (κ1) is 17.5. The van der Waals surface area contributed by atoms with E-state index in [1.807, 2.05) is 24.3 Å². The monoisotopic (exact) mass is 311 g/mol. The number of ether oxygens (including phenoxy) is 2. The average molecular weight is 311 g/mol. The predicted octanol–water partition coefficient (Wildman–Crippen LogP) is 1.53. The van der Waals surface area contributed by atoms with Crippen molar-refractivity contribution in [1.29, 1.82) is 0 Å². The Morgan fingerprint density at radius 1 is 1.19 bits per heavy atom. The molecular formula is C15H21NO4S. The molecule has 0 fully saturated rings. The zero-order valence-electron chi connectivity index (χ0n) is 12.3. The topological polar surface area (TPSA) is 78.6 Å². The van der Waals surface area contributed by atoms with Gasteiger partial charge in [-0.25, -0.2) is 0 Å². The highest BCUT2D eigenvalue weighted by Crippen LogP contribution is 2.18. The third-order valence-electron chi connectivity index (χ3n) is 3.02. The number of esters is 2. The van der Waals surface area contributed by atoms with E-state index in [-0.39, 0.29) is 18.4 Å². The van der Waals surface area contributed by atoms with Gasteiger partial charge in [0.25, 0.3) is 0 Å². The third-order valence-corrected chi connectivity index (χ3v) is 4.06. The van der Waals surface area contributed by atoms with Crippen LogP contribution >= 0.6 is 11.8 Å². The lowest BCUT2D eigenvalue weighted by atomic mass is 10.1. The molecule has 116 valence electrons. The number of hydrogen-bond donors (Lipinski definition) is 1. The fourth-order valence-corrected chi connectivity index (χ4v) is 2.83. The summed E-state index contributed by atoms with van der Waals surface area (Å²) in [4.78, 5) is 22.5. The maximum atomic E-state index is 11.4. The second kappa shape index (κ2) is 9.41. The van der Waals surface area contributed by atoms with E-state index in [1.54, 1.807) is 11.8 Å². The van der Waals surface area contributed by atoms with E-state index >= 15 is 0 Å². The Balaban J connectivity index is 2.45. The van der Waals surface area contributed by atoms with Gasteiger partial charge in [-0.2, -0.15) is 11.8 Å². The number of carbonyl (C=O) groups excluding carboxylic acids is 2. The first-order valence-corrected chi connectivity index (χ1v) is 7.78. The van der Waals surface area contributed by atoms with Crippen LogP contribution in [0.25, 0.3) is 0 Å². The van der Waals surface area contributed by atoms with Crippen molar-refractivity contribution in [2.75, 3.05) is 20.0 Å². The van der Waals surface area contributed by atoms with E-state index in [1.165, 1.54) is 14.2 Å². The molecule has 6 heteroatoms. The molecule has 1 unspecified atom stereocenters. The molecule has 1 aromatic carbocycles. The van der Waals surface area contributed by atoms with Crippen LogP contribution in [0.15, 0.2) is 24.3 Å². The quantitative estimate of drug-likeness (QED) is 0.579. The highest BCUT2D eigenvalue weighted by Gasteiger charge is 2.13. The van der Waals surface area contributed by atoms with Crippen LogP contribution in [0.2, 0.25) is 0 Å². The van der Waals surface area contributed by atoms with Crippen LogP contribution < -0.4 is 5.73 Å². The van der Waals surface area contributed by atoms with E-state index in [4.69, 9.17) is 10.5 Å². The molecule has 0 radical (unpaired) electrons. The van der Waals surface area contributed by atoms with Crippen LogP contribution in [0.5, 0.6) is 0 Å². The summed E-state index contributed by atoms with van der Waals surface area (Å²) in [6.45, 7) is 0. The molecule has 2 N–H and O–H groups in total. The lowest BCUT2D eigenvalue weighted by Gasteiger charge is -2.10. The summed E-state index contributed by atoms with van der Waals surface area (Å²) in [5.41, 5.74) is 7.74. The van der Waals surface area contributed by atoms with Gasteiger partial charge in [0, 0.05) is 5.75 Å². The molecule has 0 saturated heterocycles. The third kappa shape index (κ3) is 6.18. The molecule has 0 amide bonds. The van der Waals surface area contributed by atoms with Crippen molar-refractivity contribution in [2.24, 2.45) is 5.73 Å². The predicted molar refractivity (Wildman–Crippen MR) is 82.9 cm³/mol. The summed E-state index contributed by atoms with van der Waals surface area (Å²) in [5, 5.41) is 0. The van der Waals surface area contributed by atoms with Gasteiger partial charge in [0.15, 0.2) is 0 Å². The van der Waals surface area contributed by atoms with Crippen molar-refractivity contribution in [3.05, 3.63) is 35.4 Å². The van der Waals surface area contributed by atoms with Gasteiger partial charge in [-0.15, -0.1) is 0 Å². The number of methoxy groups -OCH3 is 2. The van der Waals surface area contributed by atoms with Gasteiger partial charge in [0.2, 0.25) is 0 Å². The van der Waals surface area contributed by atoms with E-state index in [0.29, 0.717) is 6.42 Å². The number of thioether (sulfide) groups is 1. The second-order valence-electron chi connectivity index (χ2n) is 4.49. The molecule has 0 aliphatic rings. The Morgan fingerprint density at radius 3 is 2.48 bits per heavy atom. The smallest absolute Gasteiger partial charge is 0.322 e. The Morgan fingerprint density at radius 2 is 1.86 bits per heavy atom. The van der Waals surface area contributed by atoms with Crippen molar-refractivity contribution in [2.45, 2.75) is 24.6 Å². The Bertz CT molecular complexity index is 478. The molecular weight excluding hydrogens is 290 g/mol. The summed E-state index contributed by atoms with van der Waals surface area (Å²) >= 11 is 1.67. The van der Waals surface area contributed by atoms with Crippen molar-refractivity contribution in [3.8, 4) is 0 Å². The minimum Gasteiger partial charge on any atom is -0.469 e. The van der Waals surface area contributed by atoms with Gasteiger partial charge in [-0.3, -0.25) is 9.59 Å². The molecule has 5 nitrogen and oxygen atoms in total. The van der Waals surface area contributed by atoms with Crippen LogP contribution in [0.1, 0.15) is 17.5 Å². The number of rotatable bonds is 8. The molecule has 0 bridgehead atoms. The minimum absolute atomic E-state index is 0.250. The molecule has 0 aliphatic heterocycles. The molecule has 1 atom stereocenters. The molecule has 0 saturated carbocycles. The van der Waals surface area contributed by atoms with Gasteiger partial charge >= 0.3 is 11.9 Å². The van der Waals surface area contributed by atoms with Crippen LogP contribution in [0.3, 0.4) is 0 Å². The van der Waals surface area contributed by atoms with E-state index < -0.39 is 6.04 Å². The van der Waals surface area contributed by atoms with Crippen molar-refractivity contribution < 1.29 is 19.1 Å². The van der Waals surface area contributed by atoms with Crippen molar-refractivity contribution >= 4 is 23.7 Å². The van der Waals surface area contributed by atoms with Crippen LogP contribution in [-0.4, -0.2) is 38.0 Å². The van der Waals surface area contributed by atoms with Crippen LogP contribution in [-0.2, 0) is 31.2 Å². The zero-order chi connectivity index (χ0) is 15.7. The molecule has 1 rings (SSSR count). The summed E-state index contributed by atoms with van der Waals surface area (Å²) in [6, 6.07) is 7.18. The lowest BCUT2D eigenvalue weighted by molar-refractivity contribution is -0.142. The number of carbonyl (C=O) groups is 2. The van der Waals surface area contributed by atoms with Crippen molar-refractivity contribution in [1.82, 2.24) is 0 Å². The summed E-state index contributed by atoms with van der Waals surface area (Å²) < 4.78 is 9.27.